The highest BCUT2D eigenvalue weighted by molar-refractivity contribution is 5.87. The van der Waals surface area contributed by atoms with Crippen LogP contribution in [0, 0.1) is 5.92 Å². The lowest BCUT2D eigenvalue weighted by atomic mass is 9.97. The van der Waals surface area contributed by atoms with Crippen LogP contribution in [0.4, 0.5) is 5.95 Å². The summed E-state index contributed by atoms with van der Waals surface area (Å²) in [6.07, 6.45) is 4.00. The van der Waals surface area contributed by atoms with Crippen molar-refractivity contribution in [2.24, 2.45) is 5.92 Å². The second-order valence-corrected chi connectivity index (χ2v) is 8.29. The molecule has 4 rings (SSSR count). The van der Waals surface area contributed by atoms with Gasteiger partial charge in [-0.15, -0.1) is 0 Å². The maximum absolute atomic E-state index is 12.7. The largest absolute Gasteiger partial charge is 0.481 e. The molecule has 2 aromatic rings. The molecule has 0 spiro atoms. The Morgan fingerprint density at radius 3 is 2.68 bits per heavy atom. The number of aliphatic carboxylic acids is 1. The summed E-state index contributed by atoms with van der Waals surface area (Å²) >= 11 is 0. The summed E-state index contributed by atoms with van der Waals surface area (Å²) in [5, 5.41) is 15.2. The number of aromatic nitrogens is 2. The van der Waals surface area contributed by atoms with Gasteiger partial charge in [-0.1, -0.05) is 18.6 Å². The van der Waals surface area contributed by atoms with Crippen LogP contribution in [0.25, 0.3) is 11.0 Å². The summed E-state index contributed by atoms with van der Waals surface area (Å²) in [7, 11) is 0. The van der Waals surface area contributed by atoms with Crippen molar-refractivity contribution < 1.29 is 19.5 Å². The summed E-state index contributed by atoms with van der Waals surface area (Å²) in [5.41, 5.74) is 1.83. The van der Waals surface area contributed by atoms with Crippen molar-refractivity contribution in [1.82, 2.24) is 19.8 Å². The van der Waals surface area contributed by atoms with E-state index in [9.17, 15) is 14.4 Å². The molecule has 0 radical (unpaired) electrons. The first-order valence-corrected chi connectivity index (χ1v) is 11.0. The third-order valence-electron chi connectivity index (χ3n) is 6.23. The molecule has 2 aliphatic heterocycles. The molecule has 1 unspecified atom stereocenters. The number of carboxylic acid groups (broad SMARTS) is 1. The molecule has 2 aliphatic rings. The molecule has 166 valence electrons. The van der Waals surface area contributed by atoms with E-state index < -0.39 is 5.97 Å². The van der Waals surface area contributed by atoms with Crippen LogP contribution in [0.3, 0.4) is 0 Å². The number of amides is 2. The van der Waals surface area contributed by atoms with E-state index in [0.717, 1.165) is 36.2 Å². The number of para-hydroxylation sites is 2. The van der Waals surface area contributed by atoms with Crippen LogP contribution in [0.2, 0.25) is 0 Å². The smallest absolute Gasteiger partial charge is 0.306 e. The molecule has 1 atom stereocenters. The van der Waals surface area contributed by atoms with Gasteiger partial charge in [-0.25, -0.2) is 4.98 Å². The molecule has 0 saturated carbocycles. The number of carboxylic acids is 1. The first-order valence-electron chi connectivity index (χ1n) is 11.0. The zero-order chi connectivity index (χ0) is 21.8. The van der Waals surface area contributed by atoms with Crippen LogP contribution in [-0.4, -0.2) is 63.5 Å². The SMILES string of the molecule is O=C(O)C1CCN(C(=O)CCCCCNC(=O)C2CNc3nc4ccccc4n32)CC1. The van der Waals surface area contributed by atoms with E-state index in [4.69, 9.17) is 5.11 Å². The van der Waals surface area contributed by atoms with Crippen molar-refractivity contribution in [3.8, 4) is 0 Å². The average molecular weight is 428 g/mol. The van der Waals surface area contributed by atoms with Gasteiger partial charge < -0.3 is 20.6 Å². The van der Waals surface area contributed by atoms with Gasteiger partial charge in [0.15, 0.2) is 0 Å². The van der Waals surface area contributed by atoms with E-state index in [-0.39, 0.29) is 23.8 Å². The molecule has 1 aromatic heterocycles. The second-order valence-electron chi connectivity index (χ2n) is 8.29. The number of nitrogens with zero attached hydrogens (tertiary/aromatic N) is 3. The normalized spacial score (nSPS) is 18.6. The summed E-state index contributed by atoms with van der Waals surface area (Å²) in [4.78, 5) is 42.2. The Morgan fingerprint density at radius 1 is 1.13 bits per heavy atom. The molecule has 31 heavy (non-hydrogen) atoms. The first kappa shape index (κ1) is 21.1. The number of carbonyl (C=O) groups excluding carboxylic acids is 2. The number of rotatable bonds is 8. The molecule has 1 saturated heterocycles. The highest BCUT2D eigenvalue weighted by Gasteiger charge is 2.30. The number of nitrogens with one attached hydrogen (secondary N) is 2. The van der Waals surface area contributed by atoms with Crippen molar-refractivity contribution in [3.05, 3.63) is 24.3 Å². The monoisotopic (exact) mass is 427 g/mol. The van der Waals surface area contributed by atoms with Crippen LogP contribution in [0.5, 0.6) is 0 Å². The molecule has 2 amide bonds. The van der Waals surface area contributed by atoms with Gasteiger partial charge in [0.05, 0.1) is 17.0 Å². The maximum atomic E-state index is 12.7. The number of fused-ring (bicyclic) bond motifs is 3. The Kier molecular flexibility index (Phi) is 6.39. The zero-order valence-corrected chi connectivity index (χ0v) is 17.5. The summed E-state index contributed by atoms with van der Waals surface area (Å²) < 4.78 is 1.96. The van der Waals surface area contributed by atoms with Crippen LogP contribution in [-0.2, 0) is 14.4 Å². The van der Waals surface area contributed by atoms with Crippen LogP contribution in [0.1, 0.15) is 44.6 Å². The summed E-state index contributed by atoms with van der Waals surface area (Å²) in [5.74, 6) is -0.275. The van der Waals surface area contributed by atoms with Gasteiger partial charge in [0.25, 0.3) is 0 Å². The van der Waals surface area contributed by atoms with E-state index in [1.54, 1.807) is 4.90 Å². The maximum Gasteiger partial charge on any atom is 0.306 e. The van der Waals surface area contributed by atoms with Crippen molar-refractivity contribution in [3.63, 3.8) is 0 Å². The Morgan fingerprint density at radius 2 is 1.90 bits per heavy atom. The number of benzene rings is 1. The quantitative estimate of drug-likeness (QED) is 0.555. The van der Waals surface area contributed by atoms with Gasteiger partial charge in [-0.2, -0.15) is 0 Å². The van der Waals surface area contributed by atoms with E-state index in [0.29, 0.717) is 45.4 Å². The fourth-order valence-electron chi connectivity index (χ4n) is 4.42. The molecule has 9 nitrogen and oxygen atoms in total. The fourth-order valence-corrected chi connectivity index (χ4v) is 4.42. The topological polar surface area (TPSA) is 117 Å². The highest BCUT2D eigenvalue weighted by atomic mass is 16.4. The Hall–Kier alpha value is -3.10. The second kappa shape index (κ2) is 9.36. The van der Waals surface area contributed by atoms with E-state index >= 15 is 0 Å². The van der Waals surface area contributed by atoms with Gasteiger partial charge in [0.2, 0.25) is 17.8 Å². The number of piperidine rings is 1. The molecule has 1 fully saturated rings. The fraction of sp³-hybridized carbons (Fsp3) is 0.545. The lowest BCUT2D eigenvalue weighted by Gasteiger charge is -2.30. The minimum atomic E-state index is -0.764. The third kappa shape index (κ3) is 4.65. The number of hydrogen-bond acceptors (Lipinski definition) is 5. The minimum Gasteiger partial charge on any atom is -0.481 e. The molecule has 0 aliphatic carbocycles. The van der Waals surface area contributed by atoms with Crippen molar-refractivity contribution in [1.29, 1.82) is 0 Å². The van der Waals surface area contributed by atoms with E-state index in [1.165, 1.54) is 0 Å². The highest BCUT2D eigenvalue weighted by Crippen LogP contribution is 2.29. The molecular formula is C22H29N5O4. The molecule has 9 heteroatoms. The number of anilines is 1. The van der Waals surface area contributed by atoms with Crippen LogP contribution in [0.15, 0.2) is 24.3 Å². The standard InChI is InChI=1S/C22H29N5O4/c28-19(26-12-9-15(10-13-26)21(30)31)8-2-1-5-11-23-20(29)18-14-24-22-25-16-6-3-4-7-17(16)27(18)22/h3-4,6-7,15,18H,1-2,5,8-14H2,(H,23,29)(H,24,25)(H,30,31). The Balaban J connectivity index is 1.14. The predicted molar refractivity (Wildman–Crippen MR) is 116 cm³/mol. The average Bonchev–Trinajstić information content (AvgIpc) is 3.35. The predicted octanol–water partition coefficient (Wildman–Crippen LogP) is 2.00. The molecule has 3 N–H and O–H groups in total. The lowest BCUT2D eigenvalue weighted by Crippen LogP contribution is -2.40. The summed E-state index contributed by atoms with van der Waals surface area (Å²) in [6.45, 7) is 2.18. The third-order valence-corrected chi connectivity index (χ3v) is 6.23. The number of carbonyl (C=O) groups is 3. The molecule has 3 heterocycles. The number of likely N-dealkylation sites (tertiary alicyclic amines) is 1. The lowest BCUT2D eigenvalue weighted by molar-refractivity contribution is -0.145. The molecule has 1 aromatic carbocycles. The van der Waals surface area contributed by atoms with Crippen LogP contribution < -0.4 is 10.6 Å². The van der Waals surface area contributed by atoms with Crippen LogP contribution >= 0.6 is 0 Å². The van der Waals surface area contributed by atoms with Gasteiger partial charge in [-0.3, -0.25) is 19.0 Å². The Labute approximate surface area is 180 Å². The minimum absolute atomic E-state index is 0.0215. The number of imidazole rings is 1. The first-order chi connectivity index (χ1) is 15.0. The van der Waals surface area contributed by atoms with Crippen molar-refractivity contribution in [2.75, 3.05) is 31.5 Å². The van der Waals surface area contributed by atoms with Gasteiger partial charge in [-0.05, 0) is 37.8 Å². The van der Waals surface area contributed by atoms with Crippen molar-refractivity contribution in [2.45, 2.75) is 44.6 Å². The summed E-state index contributed by atoms with van der Waals surface area (Å²) in [6, 6.07) is 7.48. The number of hydrogen-bond donors (Lipinski definition) is 3. The molecular weight excluding hydrogens is 398 g/mol. The van der Waals surface area contributed by atoms with E-state index in [1.807, 2.05) is 28.8 Å². The molecule has 0 bridgehead atoms. The van der Waals surface area contributed by atoms with Gasteiger partial charge in [0.1, 0.15) is 6.04 Å². The Bertz CT molecular complexity index is 964. The van der Waals surface area contributed by atoms with E-state index in [2.05, 4.69) is 15.6 Å². The van der Waals surface area contributed by atoms with Crippen molar-refractivity contribution >= 4 is 34.8 Å². The van der Waals surface area contributed by atoms with Gasteiger partial charge in [0, 0.05) is 32.6 Å². The van der Waals surface area contributed by atoms with Gasteiger partial charge >= 0.3 is 5.97 Å². The zero-order valence-electron chi connectivity index (χ0n) is 17.5. The number of unbranched alkanes of at least 4 members (excludes halogenated alkanes) is 2.